The van der Waals surface area contributed by atoms with Crippen molar-refractivity contribution in [3.05, 3.63) is 93.5 Å². The molecule has 0 aliphatic carbocycles. The Balaban J connectivity index is 1.50. The van der Waals surface area contributed by atoms with Gasteiger partial charge in [-0.15, -0.1) is 10.2 Å². The molecule has 4 rings (SSSR count). The fraction of sp³-hybridized carbons (Fsp3) is 0.0833. The zero-order valence-electron chi connectivity index (χ0n) is 18.9. The number of halogens is 1. The van der Waals surface area contributed by atoms with Crippen molar-refractivity contribution in [3.63, 3.8) is 0 Å². The van der Waals surface area contributed by atoms with Crippen molar-refractivity contribution in [2.75, 3.05) is 12.9 Å². The van der Waals surface area contributed by atoms with Gasteiger partial charge in [-0.05, 0) is 48.5 Å². The number of aromatic nitrogens is 3. The number of ether oxygens (including phenoxy) is 1. The maximum absolute atomic E-state index is 12.4. The molecule has 1 N–H and O–H groups in total. The van der Waals surface area contributed by atoms with Gasteiger partial charge in [-0.25, -0.2) is 5.43 Å². The molecule has 3 aromatic carbocycles. The number of carbonyl (C=O) groups is 1. The first-order chi connectivity index (χ1) is 17.4. The van der Waals surface area contributed by atoms with Crippen LogP contribution in [0.4, 0.5) is 5.69 Å². The van der Waals surface area contributed by atoms with E-state index in [0.29, 0.717) is 27.3 Å². The molecule has 0 radical (unpaired) electrons. The van der Waals surface area contributed by atoms with Gasteiger partial charge in [0.2, 0.25) is 0 Å². The highest BCUT2D eigenvalue weighted by atomic mass is 35.5. The average Bonchev–Trinajstić information content (AvgIpc) is 3.32. The summed E-state index contributed by atoms with van der Waals surface area (Å²) in [5.41, 5.74) is 4.44. The van der Waals surface area contributed by atoms with Crippen LogP contribution in [0.25, 0.3) is 17.1 Å². The standard InChI is InChI=1S/C24H19ClN6O4S/c1-35-21-11-5-17(6-12-21)23-28-29-24(30(23)19-9-7-18(25)8-10-19)36-15-22(32)27-26-14-16-3-2-4-20(13-16)31(33)34/h2-14H,15H2,1H3,(H,27,32)/b26-14-. The van der Waals surface area contributed by atoms with Gasteiger partial charge in [0.25, 0.3) is 11.6 Å². The van der Waals surface area contributed by atoms with Crippen molar-refractivity contribution in [2.24, 2.45) is 5.10 Å². The van der Waals surface area contributed by atoms with E-state index in [2.05, 4.69) is 20.7 Å². The predicted octanol–water partition coefficient (Wildman–Crippen LogP) is 4.75. The second-order valence-corrected chi connectivity index (χ2v) is 8.66. The Morgan fingerprint density at radius 1 is 1.17 bits per heavy atom. The summed E-state index contributed by atoms with van der Waals surface area (Å²) in [5.74, 6) is 0.943. The third kappa shape index (κ3) is 6.06. The summed E-state index contributed by atoms with van der Waals surface area (Å²) < 4.78 is 7.07. The highest BCUT2D eigenvalue weighted by molar-refractivity contribution is 7.99. The molecule has 0 saturated carbocycles. The van der Waals surface area contributed by atoms with Crippen molar-refractivity contribution in [3.8, 4) is 22.8 Å². The van der Waals surface area contributed by atoms with Crippen molar-refractivity contribution in [2.45, 2.75) is 5.16 Å². The summed E-state index contributed by atoms with van der Waals surface area (Å²) in [6.45, 7) is 0. The minimum absolute atomic E-state index is 0.0145. The number of hydrogen-bond acceptors (Lipinski definition) is 8. The first-order valence-corrected chi connectivity index (χ1v) is 11.9. The second kappa shape index (κ2) is 11.5. The summed E-state index contributed by atoms with van der Waals surface area (Å²) in [6.07, 6.45) is 1.34. The average molecular weight is 523 g/mol. The van der Waals surface area contributed by atoms with Gasteiger partial charge in [0, 0.05) is 34.0 Å². The van der Waals surface area contributed by atoms with Crippen LogP contribution in [0.5, 0.6) is 5.75 Å². The van der Waals surface area contributed by atoms with Crippen LogP contribution in [-0.4, -0.2) is 44.7 Å². The lowest BCUT2D eigenvalue weighted by atomic mass is 10.2. The maximum atomic E-state index is 12.4. The van der Waals surface area contributed by atoms with Gasteiger partial charge in [0.1, 0.15) is 5.75 Å². The van der Waals surface area contributed by atoms with Crippen LogP contribution < -0.4 is 10.2 Å². The topological polar surface area (TPSA) is 125 Å². The van der Waals surface area contributed by atoms with Crippen LogP contribution in [0.2, 0.25) is 5.02 Å². The molecule has 1 amide bonds. The number of benzene rings is 3. The minimum atomic E-state index is -0.496. The number of rotatable bonds is 9. The van der Waals surface area contributed by atoms with Gasteiger partial charge in [-0.2, -0.15) is 5.10 Å². The number of nitro benzene ring substituents is 1. The largest absolute Gasteiger partial charge is 0.497 e. The number of thioether (sulfide) groups is 1. The number of amides is 1. The van der Waals surface area contributed by atoms with E-state index in [4.69, 9.17) is 16.3 Å². The maximum Gasteiger partial charge on any atom is 0.270 e. The smallest absolute Gasteiger partial charge is 0.270 e. The third-order valence-corrected chi connectivity index (χ3v) is 6.06. The van der Waals surface area contributed by atoms with Gasteiger partial charge < -0.3 is 4.74 Å². The Morgan fingerprint density at radius 3 is 2.61 bits per heavy atom. The van der Waals surface area contributed by atoms with Crippen LogP contribution in [0.1, 0.15) is 5.56 Å². The predicted molar refractivity (Wildman–Crippen MR) is 138 cm³/mol. The lowest BCUT2D eigenvalue weighted by molar-refractivity contribution is -0.384. The van der Waals surface area contributed by atoms with E-state index >= 15 is 0 Å². The molecule has 1 heterocycles. The van der Waals surface area contributed by atoms with Crippen LogP contribution in [0.3, 0.4) is 0 Å². The quantitative estimate of drug-likeness (QED) is 0.145. The van der Waals surface area contributed by atoms with Gasteiger partial charge in [0.05, 0.1) is 24.0 Å². The number of non-ortho nitro benzene ring substituents is 1. The molecule has 0 unspecified atom stereocenters. The molecule has 4 aromatic rings. The Hall–Kier alpha value is -4.22. The normalized spacial score (nSPS) is 10.9. The van der Waals surface area contributed by atoms with Crippen LogP contribution in [0, 0.1) is 10.1 Å². The number of nitrogens with one attached hydrogen (secondary N) is 1. The molecular formula is C24H19ClN6O4S. The Kier molecular flexibility index (Phi) is 7.93. The number of methoxy groups -OCH3 is 1. The SMILES string of the molecule is COc1ccc(-c2nnc(SCC(=O)N/N=C\c3cccc([N+](=O)[O-])c3)n2-c2ccc(Cl)cc2)cc1. The molecule has 0 aliphatic heterocycles. The number of nitro groups is 1. The number of hydrogen-bond donors (Lipinski definition) is 1. The molecule has 1 aromatic heterocycles. The zero-order valence-corrected chi connectivity index (χ0v) is 20.4. The second-order valence-electron chi connectivity index (χ2n) is 7.28. The van der Waals surface area contributed by atoms with Crippen LogP contribution in [-0.2, 0) is 4.79 Å². The number of hydrazone groups is 1. The summed E-state index contributed by atoms with van der Waals surface area (Å²) >= 11 is 7.25. The molecule has 0 bridgehead atoms. The van der Waals surface area contributed by atoms with Crippen molar-refractivity contribution < 1.29 is 14.5 Å². The van der Waals surface area contributed by atoms with E-state index in [1.807, 2.05) is 41.0 Å². The van der Waals surface area contributed by atoms with E-state index in [-0.39, 0.29) is 17.3 Å². The lowest BCUT2D eigenvalue weighted by Gasteiger charge is -2.11. The van der Waals surface area contributed by atoms with E-state index < -0.39 is 4.92 Å². The fourth-order valence-electron chi connectivity index (χ4n) is 3.17. The Bertz CT molecular complexity index is 1410. The summed E-state index contributed by atoms with van der Waals surface area (Å²) in [5, 5.41) is 24.5. The van der Waals surface area contributed by atoms with Crippen LogP contribution in [0.15, 0.2) is 83.1 Å². The lowest BCUT2D eigenvalue weighted by Crippen LogP contribution is -2.20. The van der Waals surface area contributed by atoms with E-state index in [0.717, 1.165) is 11.3 Å². The molecule has 36 heavy (non-hydrogen) atoms. The molecular weight excluding hydrogens is 504 g/mol. The summed E-state index contributed by atoms with van der Waals surface area (Å²) in [6, 6.07) is 20.5. The molecule has 0 saturated heterocycles. The minimum Gasteiger partial charge on any atom is -0.497 e. The molecule has 0 spiro atoms. The van der Waals surface area contributed by atoms with Gasteiger partial charge in [-0.3, -0.25) is 19.5 Å². The van der Waals surface area contributed by atoms with E-state index in [1.165, 1.54) is 30.1 Å². The van der Waals surface area contributed by atoms with E-state index in [1.54, 1.807) is 31.4 Å². The van der Waals surface area contributed by atoms with Crippen LogP contribution >= 0.6 is 23.4 Å². The highest BCUT2D eigenvalue weighted by Crippen LogP contribution is 2.29. The van der Waals surface area contributed by atoms with E-state index in [9.17, 15) is 14.9 Å². The molecule has 12 heteroatoms. The molecule has 182 valence electrons. The number of carbonyl (C=O) groups excluding carboxylic acids is 1. The summed E-state index contributed by atoms with van der Waals surface area (Å²) in [4.78, 5) is 22.8. The molecule has 0 fully saturated rings. The molecule has 10 nitrogen and oxygen atoms in total. The van der Waals surface area contributed by atoms with Gasteiger partial charge >= 0.3 is 0 Å². The fourth-order valence-corrected chi connectivity index (χ4v) is 4.04. The van der Waals surface area contributed by atoms with Crippen molar-refractivity contribution in [1.29, 1.82) is 0 Å². The first kappa shape index (κ1) is 24.9. The highest BCUT2D eigenvalue weighted by Gasteiger charge is 2.17. The van der Waals surface area contributed by atoms with Crippen molar-refractivity contribution >= 4 is 41.2 Å². The molecule has 0 atom stereocenters. The summed E-state index contributed by atoms with van der Waals surface area (Å²) in [7, 11) is 1.60. The number of nitrogens with zero attached hydrogens (tertiary/aromatic N) is 5. The first-order valence-electron chi connectivity index (χ1n) is 10.5. The van der Waals surface area contributed by atoms with Crippen molar-refractivity contribution in [1.82, 2.24) is 20.2 Å². The monoisotopic (exact) mass is 522 g/mol. The third-order valence-electron chi connectivity index (χ3n) is 4.88. The molecule has 0 aliphatic rings. The Labute approximate surface area is 215 Å². The van der Waals surface area contributed by atoms with Gasteiger partial charge in [-0.1, -0.05) is 35.5 Å². The van der Waals surface area contributed by atoms with Gasteiger partial charge in [0.15, 0.2) is 11.0 Å². The Morgan fingerprint density at radius 2 is 1.92 bits per heavy atom. The zero-order chi connectivity index (χ0) is 25.5.